The van der Waals surface area contributed by atoms with Gasteiger partial charge in [-0.3, -0.25) is 9.78 Å². The summed E-state index contributed by atoms with van der Waals surface area (Å²) in [6.45, 7) is -3.11. The summed E-state index contributed by atoms with van der Waals surface area (Å²) in [5.74, 6) is -1.56. The van der Waals surface area contributed by atoms with E-state index in [1.54, 1.807) is 0 Å². The number of nitrogens with zero attached hydrogens (tertiary/aromatic N) is 1. The molecule has 0 fully saturated rings. The second kappa shape index (κ2) is 3.88. The lowest BCUT2D eigenvalue weighted by Crippen LogP contribution is -2.05. The van der Waals surface area contributed by atoms with Gasteiger partial charge >= 0.3 is 6.61 Å². The lowest BCUT2D eigenvalue weighted by Gasteiger charge is -2.05. The molecule has 1 aromatic rings. The first-order chi connectivity index (χ1) is 6.15. The van der Waals surface area contributed by atoms with Crippen LogP contribution in [0.25, 0.3) is 0 Å². The first-order valence-corrected chi connectivity index (χ1v) is 3.18. The highest BCUT2D eigenvalue weighted by Crippen LogP contribution is 2.19. The third kappa shape index (κ3) is 2.17. The minimum atomic E-state index is -3.11. The van der Waals surface area contributed by atoms with Crippen molar-refractivity contribution in [2.24, 2.45) is 0 Å². The van der Waals surface area contributed by atoms with Gasteiger partial charge in [0.1, 0.15) is 0 Å². The van der Waals surface area contributed by atoms with Crippen LogP contribution in [0.2, 0.25) is 0 Å². The van der Waals surface area contributed by atoms with E-state index in [0.717, 1.165) is 12.4 Å². The summed E-state index contributed by atoms with van der Waals surface area (Å²) >= 11 is 0. The fourth-order valence-corrected chi connectivity index (χ4v) is 0.731. The largest absolute Gasteiger partial charge is 0.432 e. The number of halogens is 3. The SMILES string of the molecule is O=Cc1c(F)cncc1OC(F)F. The van der Waals surface area contributed by atoms with E-state index in [2.05, 4.69) is 9.72 Å². The highest BCUT2D eigenvalue weighted by molar-refractivity contribution is 5.79. The monoisotopic (exact) mass is 191 g/mol. The topological polar surface area (TPSA) is 39.2 Å². The minimum Gasteiger partial charge on any atom is -0.432 e. The Kier molecular flexibility index (Phi) is 2.84. The van der Waals surface area contributed by atoms with Crippen molar-refractivity contribution in [3.05, 3.63) is 23.8 Å². The number of aromatic nitrogens is 1. The molecule has 0 atom stereocenters. The van der Waals surface area contributed by atoms with Gasteiger partial charge in [-0.25, -0.2) is 4.39 Å². The number of pyridine rings is 1. The van der Waals surface area contributed by atoms with Crippen LogP contribution >= 0.6 is 0 Å². The van der Waals surface area contributed by atoms with Gasteiger partial charge in [0.05, 0.1) is 18.0 Å². The molecular weight excluding hydrogens is 187 g/mol. The molecule has 0 N–H and O–H groups in total. The van der Waals surface area contributed by atoms with Gasteiger partial charge in [-0.05, 0) is 0 Å². The predicted octanol–water partition coefficient (Wildman–Crippen LogP) is 1.63. The Morgan fingerprint density at radius 2 is 2.15 bits per heavy atom. The molecule has 0 unspecified atom stereocenters. The number of alkyl halides is 2. The van der Waals surface area contributed by atoms with Crippen molar-refractivity contribution in [2.75, 3.05) is 0 Å². The molecule has 0 aliphatic heterocycles. The smallest absolute Gasteiger partial charge is 0.387 e. The molecule has 0 spiro atoms. The molecule has 0 bridgehead atoms. The summed E-state index contributed by atoms with van der Waals surface area (Å²) < 4.78 is 39.9. The number of hydrogen-bond acceptors (Lipinski definition) is 3. The molecule has 1 heterocycles. The Morgan fingerprint density at radius 3 is 2.69 bits per heavy atom. The van der Waals surface area contributed by atoms with E-state index in [1.165, 1.54) is 0 Å². The Hall–Kier alpha value is -1.59. The standard InChI is InChI=1S/C7H4F3NO2/c8-5-1-11-2-6(4(5)3-12)13-7(9)10/h1-3,7H. The van der Waals surface area contributed by atoms with E-state index >= 15 is 0 Å². The lowest BCUT2D eigenvalue weighted by atomic mass is 10.2. The fourth-order valence-electron chi connectivity index (χ4n) is 0.731. The zero-order valence-electron chi connectivity index (χ0n) is 6.21. The van der Waals surface area contributed by atoms with E-state index in [1.807, 2.05) is 0 Å². The zero-order valence-corrected chi connectivity index (χ0v) is 6.21. The molecule has 0 aromatic carbocycles. The van der Waals surface area contributed by atoms with Crippen LogP contribution in [0, 0.1) is 5.82 Å². The van der Waals surface area contributed by atoms with Gasteiger partial charge in [-0.1, -0.05) is 0 Å². The van der Waals surface area contributed by atoms with Gasteiger partial charge in [0.25, 0.3) is 0 Å². The van der Waals surface area contributed by atoms with E-state index in [4.69, 9.17) is 0 Å². The Bertz CT molecular complexity index is 317. The van der Waals surface area contributed by atoms with Crippen LogP contribution in [0.4, 0.5) is 13.2 Å². The van der Waals surface area contributed by atoms with Crippen LogP contribution in [0.15, 0.2) is 12.4 Å². The summed E-state index contributed by atoms with van der Waals surface area (Å²) in [5.41, 5.74) is -0.560. The molecule has 0 saturated carbocycles. The average Bonchev–Trinajstić information content (AvgIpc) is 2.03. The van der Waals surface area contributed by atoms with Crippen molar-refractivity contribution in [1.29, 1.82) is 0 Å². The maximum atomic E-state index is 12.7. The Labute approximate surface area is 71.2 Å². The number of rotatable bonds is 3. The quantitative estimate of drug-likeness (QED) is 0.681. The number of aldehydes is 1. The average molecular weight is 191 g/mol. The molecule has 1 aromatic heterocycles. The van der Waals surface area contributed by atoms with Crippen molar-refractivity contribution in [1.82, 2.24) is 4.98 Å². The normalized spacial score (nSPS) is 10.2. The molecule has 0 radical (unpaired) electrons. The highest BCUT2D eigenvalue weighted by Gasteiger charge is 2.13. The van der Waals surface area contributed by atoms with Gasteiger partial charge in [-0.2, -0.15) is 8.78 Å². The van der Waals surface area contributed by atoms with Crippen LogP contribution in [0.5, 0.6) is 5.75 Å². The third-order valence-corrected chi connectivity index (χ3v) is 1.24. The molecule has 1 rings (SSSR count). The molecule has 0 saturated heterocycles. The highest BCUT2D eigenvalue weighted by atomic mass is 19.3. The second-order valence-corrected chi connectivity index (χ2v) is 2.03. The number of hydrogen-bond donors (Lipinski definition) is 0. The minimum absolute atomic E-state index is 0.0920. The van der Waals surface area contributed by atoms with Crippen molar-refractivity contribution >= 4 is 6.29 Å². The van der Waals surface area contributed by atoms with Gasteiger partial charge in [0.2, 0.25) is 0 Å². The summed E-state index contributed by atoms with van der Waals surface area (Å²) in [4.78, 5) is 13.5. The molecule has 0 aliphatic rings. The van der Waals surface area contributed by atoms with E-state index in [0.29, 0.717) is 0 Å². The second-order valence-electron chi connectivity index (χ2n) is 2.03. The number of ether oxygens (including phenoxy) is 1. The Balaban J connectivity index is 3.05. The molecule has 0 aliphatic carbocycles. The number of carbonyl (C=O) groups excluding carboxylic acids is 1. The molecular formula is C7H4F3NO2. The molecule has 13 heavy (non-hydrogen) atoms. The summed E-state index contributed by atoms with van der Waals surface area (Å²) in [7, 11) is 0. The Morgan fingerprint density at radius 1 is 1.46 bits per heavy atom. The van der Waals surface area contributed by atoms with Crippen LogP contribution in [0.1, 0.15) is 10.4 Å². The van der Waals surface area contributed by atoms with Gasteiger partial charge in [0, 0.05) is 0 Å². The third-order valence-electron chi connectivity index (χ3n) is 1.24. The summed E-state index contributed by atoms with van der Waals surface area (Å²) in [6, 6.07) is 0. The molecule has 6 heteroatoms. The maximum absolute atomic E-state index is 12.7. The van der Waals surface area contributed by atoms with Crippen LogP contribution in [0.3, 0.4) is 0 Å². The fraction of sp³-hybridized carbons (Fsp3) is 0.143. The van der Waals surface area contributed by atoms with Crippen molar-refractivity contribution in [3.63, 3.8) is 0 Å². The van der Waals surface area contributed by atoms with E-state index in [9.17, 15) is 18.0 Å². The van der Waals surface area contributed by atoms with E-state index in [-0.39, 0.29) is 6.29 Å². The summed E-state index contributed by atoms with van der Waals surface area (Å²) in [6.07, 6.45) is 1.68. The predicted molar refractivity (Wildman–Crippen MR) is 36.2 cm³/mol. The van der Waals surface area contributed by atoms with Crippen molar-refractivity contribution < 1.29 is 22.7 Å². The van der Waals surface area contributed by atoms with Crippen LogP contribution in [-0.2, 0) is 0 Å². The van der Waals surface area contributed by atoms with Crippen LogP contribution < -0.4 is 4.74 Å². The van der Waals surface area contributed by atoms with Gasteiger partial charge < -0.3 is 4.74 Å². The first-order valence-electron chi connectivity index (χ1n) is 3.18. The molecule has 3 nitrogen and oxygen atoms in total. The lowest BCUT2D eigenvalue weighted by molar-refractivity contribution is -0.0504. The van der Waals surface area contributed by atoms with Gasteiger partial charge in [-0.15, -0.1) is 0 Å². The van der Waals surface area contributed by atoms with Crippen molar-refractivity contribution in [2.45, 2.75) is 6.61 Å². The van der Waals surface area contributed by atoms with Crippen molar-refractivity contribution in [3.8, 4) is 5.75 Å². The zero-order chi connectivity index (χ0) is 9.84. The van der Waals surface area contributed by atoms with Gasteiger partial charge in [0.15, 0.2) is 17.9 Å². The number of carbonyl (C=O) groups is 1. The summed E-state index contributed by atoms with van der Waals surface area (Å²) in [5, 5.41) is 0. The first kappa shape index (κ1) is 9.50. The van der Waals surface area contributed by atoms with E-state index < -0.39 is 23.7 Å². The van der Waals surface area contributed by atoms with Crippen LogP contribution in [-0.4, -0.2) is 17.9 Å². The molecule has 0 amide bonds. The maximum Gasteiger partial charge on any atom is 0.387 e. The molecule has 70 valence electrons.